The molecular formula is C14H11FN2O. The van der Waals surface area contributed by atoms with Gasteiger partial charge in [0.15, 0.2) is 6.61 Å². The Labute approximate surface area is 104 Å². The third-order valence-electron chi connectivity index (χ3n) is 2.31. The maximum Gasteiger partial charge on any atom is 0.216 e. The molecule has 0 radical (unpaired) electrons. The Morgan fingerprint density at radius 2 is 2.11 bits per heavy atom. The molecule has 2 rings (SSSR count). The van der Waals surface area contributed by atoms with Gasteiger partial charge in [0.1, 0.15) is 11.6 Å². The maximum absolute atomic E-state index is 13.7. The number of nitrogens with zero attached hydrogens (tertiary/aromatic N) is 1. The highest BCUT2D eigenvalue weighted by atomic mass is 19.1. The van der Waals surface area contributed by atoms with E-state index in [1.807, 2.05) is 0 Å². The van der Waals surface area contributed by atoms with Crippen molar-refractivity contribution in [3.8, 4) is 29.4 Å². The summed E-state index contributed by atoms with van der Waals surface area (Å²) < 4.78 is 18.8. The van der Waals surface area contributed by atoms with Crippen molar-refractivity contribution in [3.05, 3.63) is 42.2 Å². The number of benzene rings is 1. The Hall–Kier alpha value is -2.54. The number of anilines is 1. The first-order valence-electron chi connectivity index (χ1n) is 5.29. The summed E-state index contributed by atoms with van der Waals surface area (Å²) in [5, 5.41) is 0. The van der Waals surface area contributed by atoms with E-state index in [0.717, 1.165) is 0 Å². The van der Waals surface area contributed by atoms with E-state index >= 15 is 0 Å². The van der Waals surface area contributed by atoms with Gasteiger partial charge in [-0.25, -0.2) is 4.39 Å². The van der Waals surface area contributed by atoms with Gasteiger partial charge in [-0.1, -0.05) is 24.1 Å². The molecule has 0 atom stereocenters. The van der Waals surface area contributed by atoms with Crippen molar-refractivity contribution in [2.45, 2.75) is 0 Å². The van der Waals surface area contributed by atoms with Crippen LogP contribution in [0.3, 0.4) is 0 Å². The van der Waals surface area contributed by atoms with Crippen molar-refractivity contribution >= 4 is 5.82 Å². The van der Waals surface area contributed by atoms with E-state index in [9.17, 15) is 4.39 Å². The smallest absolute Gasteiger partial charge is 0.216 e. The van der Waals surface area contributed by atoms with Gasteiger partial charge in [-0.15, -0.1) is 6.42 Å². The van der Waals surface area contributed by atoms with E-state index in [1.165, 1.54) is 6.07 Å². The minimum atomic E-state index is -0.328. The summed E-state index contributed by atoms with van der Waals surface area (Å²) in [5.41, 5.74) is 6.70. The normalized spacial score (nSPS) is 9.78. The van der Waals surface area contributed by atoms with Gasteiger partial charge in [-0.3, -0.25) is 0 Å². The van der Waals surface area contributed by atoms with E-state index in [2.05, 4.69) is 10.9 Å². The minimum Gasteiger partial charge on any atom is -0.464 e. The number of nitrogens with two attached hydrogens (primary N) is 1. The van der Waals surface area contributed by atoms with Gasteiger partial charge in [0.2, 0.25) is 5.88 Å². The van der Waals surface area contributed by atoms with Crippen LogP contribution >= 0.6 is 0 Å². The summed E-state index contributed by atoms with van der Waals surface area (Å²) in [6.07, 6.45) is 5.09. The van der Waals surface area contributed by atoms with Gasteiger partial charge in [0.25, 0.3) is 0 Å². The topological polar surface area (TPSA) is 48.1 Å². The summed E-state index contributed by atoms with van der Waals surface area (Å²) in [6, 6.07) is 9.60. The molecule has 2 N–H and O–H groups in total. The predicted molar refractivity (Wildman–Crippen MR) is 68.4 cm³/mol. The molecule has 3 nitrogen and oxygen atoms in total. The zero-order valence-corrected chi connectivity index (χ0v) is 9.56. The molecule has 1 heterocycles. The Kier molecular flexibility index (Phi) is 3.44. The SMILES string of the molecule is C#CCOc1cc(-c2ccccc2F)cc(N)n1. The number of rotatable bonds is 3. The van der Waals surface area contributed by atoms with Crippen LogP contribution in [0.25, 0.3) is 11.1 Å². The Balaban J connectivity index is 2.43. The molecule has 0 fully saturated rings. The highest BCUT2D eigenvalue weighted by Crippen LogP contribution is 2.26. The third kappa shape index (κ3) is 2.58. The molecule has 1 aromatic carbocycles. The number of ether oxygens (including phenoxy) is 1. The molecule has 0 saturated carbocycles. The third-order valence-corrected chi connectivity index (χ3v) is 2.31. The molecule has 0 spiro atoms. The molecule has 2 aromatic rings. The number of hydrogen-bond acceptors (Lipinski definition) is 3. The molecular weight excluding hydrogens is 231 g/mol. The van der Waals surface area contributed by atoms with Crippen molar-refractivity contribution in [3.63, 3.8) is 0 Å². The monoisotopic (exact) mass is 242 g/mol. The average molecular weight is 242 g/mol. The second-order valence-corrected chi connectivity index (χ2v) is 3.59. The number of pyridine rings is 1. The molecule has 0 unspecified atom stereocenters. The number of terminal acetylenes is 1. The average Bonchev–Trinajstić information content (AvgIpc) is 2.36. The lowest BCUT2D eigenvalue weighted by atomic mass is 10.1. The standard InChI is InChI=1S/C14H11FN2O/c1-2-7-18-14-9-10(8-13(16)17-14)11-5-3-4-6-12(11)15/h1,3-6,8-9H,7H2,(H2,16,17). The van der Waals surface area contributed by atoms with Crippen LogP contribution in [0, 0.1) is 18.2 Å². The van der Waals surface area contributed by atoms with Crippen LogP contribution in [0.2, 0.25) is 0 Å². The lowest BCUT2D eigenvalue weighted by molar-refractivity contribution is 0.356. The van der Waals surface area contributed by atoms with Gasteiger partial charge in [-0.2, -0.15) is 4.98 Å². The Morgan fingerprint density at radius 1 is 1.33 bits per heavy atom. The number of hydrogen-bond donors (Lipinski definition) is 1. The van der Waals surface area contributed by atoms with Crippen molar-refractivity contribution in [1.29, 1.82) is 0 Å². The van der Waals surface area contributed by atoms with E-state index in [-0.39, 0.29) is 24.1 Å². The zero-order valence-electron chi connectivity index (χ0n) is 9.56. The van der Waals surface area contributed by atoms with Crippen LogP contribution in [0.1, 0.15) is 0 Å². The van der Waals surface area contributed by atoms with Gasteiger partial charge >= 0.3 is 0 Å². The quantitative estimate of drug-likeness (QED) is 0.841. The summed E-state index contributed by atoms with van der Waals surface area (Å²) in [7, 11) is 0. The minimum absolute atomic E-state index is 0.0904. The van der Waals surface area contributed by atoms with Gasteiger partial charge < -0.3 is 10.5 Å². The maximum atomic E-state index is 13.7. The fraction of sp³-hybridized carbons (Fsp3) is 0.0714. The summed E-state index contributed by atoms with van der Waals surface area (Å²) in [6.45, 7) is 0.0904. The molecule has 0 saturated heterocycles. The van der Waals surface area contributed by atoms with Gasteiger partial charge in [0.05, 0.1) is 0 Å². The Morgan fingerprint density at radius 3 is 2.83 bits per heavy atom. The van der Waals surface area contributed by atoms with E-state index < -0.39 is 0 Å². The first-order valence-corrected chi connectivity index (χ1v) is 5.29. The molecule has 0 aliphatic rings. The van der Waals surface area contributed by atoms with Gasteiger partial charge in [0, 0.05) is 11.6 Å². The molecule has 90 valence electrons. The lowest BCUT2D eigenvalue weighted by Crippen LogP contribution is -1.99. The highest BCUT2D eigenvalue weighted by Gasteiger charge is 2.07. The van der Waals surface area contributed by atoms with E-state index in [1.54, 1.807) is 30.3 Å². The van der Waals surface area contributed by atoms with Crippen LogP contribution in [-0.2, 0) is 0 Å². The van der Waals surface area contributed by atoms with Crippen LogP contribution in [0.4, 0.5) is 10.2 Å². The molecule has 0 aliphatic heterocycles. The lowest BCUT2D eigenvalue weighted by Gasteiger charge is -2.07. The largest absolute Gasteiger partial charge is 0.464 e. The first kappa shape index (κ1) is 11.9. The molecule has 0 amide bonds. The fourth-order valence-electron chi connectivity index (χ4n) is 1.57. The van der Waals surface area contributed by atoms with Crippen LogP contribution < -0.4 is 10.5 Å². The van der Waals surface area contributed by atoms with Crippen molar-refractivity contribution in [1.82, 2.24) is 4.98 Å². The molecule has 0 bridgehead atoms. The summed E-state index contributed by atoms with van der Waals surface area (Å²) >= 11 is 0. The fourth-order valence-corrected chi connectivity index (χ4v) is 1.57. The second-order valence-electron chi connectivity index (χ2n) is 3.59. The van der Waals surface area contributed by atoms with Crippen LogP contribution in [-0.4, -0.2) is 11.6 Å². The molecule has 1 aromatic heterocycles. The second kappa shape index (κ2) is 5.19. The van der Waals surface area contributed by atoms with E-state index in [4.69, 9.17) is 16.9 Å². The Bertz CT molecular complexity index is 605. The number of halogens is 1. The molecule has 18 heavy (non-hydrogen) atoms. The van der Waals surface area contributed by atoms with Gasteiger partial charge in [-0.05, 0) is 17.7 Å². The van der Waals surface area contributed by atoms with Crippen LogP contribution in [0.5, 0.6) is 5.88 Å². The molecule has 0 aliphatic carbocycles. The van der Waals surface area contributed by atoms with Crippen LogP contribution in [0.15, 0.2) is 36.4 Å². The summed E-state index contributed by atoms with van der Waals surface area (Å²) in [4.78, 5) is 3.96. The number of aromatic nitrogens is 1. The van der Waals surface area contributed by atoms with Crippen molar-refractivity contribution in [2.75, 3.05) is 12.3 Å². The van der Waals surface area contributed by atoms with E-state index in [0.29, 0.717) is 11.1 Å². The van der Waals surface area contributed by atoms with Crippen molar-refractivity contribution in [2.24, 2.45) is 0 Å². The highest BCUT2D eigenvalue weighted by molar-refractivity contribution is 5.67. The first-order chi connectivity index (χ1) is 8.70. The predicted octanol–water partition coefficient (Wildman–Crippen LogP) is 2.48. The number of nitrogen functional groups attached to an aromatic ring is 1. The zero-order chi connectivity index (χ0) is 13.0. The summed E-state index contributed by atoms with van der Waals surface area (Å²) in [5.74, 6) is 2.54. The molecule has 4 heteroatoms. The van der Waals surface area contributed by atoms with Crippen molar-refractivity contribution < 1.29 is 9.13 Å².